The lowest BCUT2D eigenvalue weighted by Gasteiger charge is -2.10. The number of carbonyl (C=O) groups is 1. The molecular formula is C17H17IN2O2. The first-order chi connectivity index (χ1) is 10.6. The van der Waals surface area contributed by atoms with Gasteiger partial charge in [0.2, 0.25) is 0 Å². The Labute approximate surface area is 143 Å². The first-order valence-corrected chi connectivity index (χ1v) is 7.83. The van der Waals surface area contributed by atoms with Crippen LogP contribution in [0.5, 0.6) is 5.75 Å². The van der Waals surface area contributed by atoms with Crippen LogP contribution in [-0.2, 0) is 11.4 Å². The third kappa shape index (κ3) is 4.57. The minimum absolute atomic E-state index is 0.338. The van der Waals surface area contributed by atoms with Crippen LogP contribution in [0.3, 0.4) is 0 Å². The van der Waals surface area contributed by atoms with Crippen molar-refractivity contribution in [3.05, 3.63) is 68.8 Å². The van der Waals surface area contributed by atoms with Gasteiger partial charge in [-0.1, -0.05) is 30.3 Å². The summed E-state index contributed by atoms with van der Waals surface area (Å²) in [6.07, 6.45) is 3.09. The molecule has 5 heteroatoms. The Morgan fingerprint density at radius 3 is 2.77 bits per heavy atom. The topological polar surface area (TPSA) is 64.3 Å². The average Bonchev–Trinajstić information content (AvgIpc) is 2.53. The van der Waals surface area contributed by atoms with Crippen LogP contribution < -0.4 is 16.0 Å². The lowest BCUT2D eigenvalue weighted by molar-refractivity contribution is -0.116. The summed E-state index contributed by atoms with van der Waals surface area (Å²) in [5.41, 5.74) is 5.35. The van der Waals surface area contributed by atoms with Crippen LogP contribution in [0, 0.1) is 10.5 Å². The molecule has 0 unspecified atom stereocenters. The average molecular weight is 408 g/mol. The van der Waals surface area contributed by atoms with E-state index in [4.69, 9.17) is 10.6 Å². The zero-order valence-corrected chi connectivity index (χ0v) is 14.3. The third-order valence-electron chi connectivity index (χ3n) is 3.17. The van der Waals surface area contributed by atoms with E-state index >= 15 is 0 Å². The first kappa shape index (κ1) is 16.5. The van der Waals surface area contributed by atoms with E-state index in [1.807, 2.05) is 30.3 Å². The fraction of sp³-hybridized carbons (Fsp3) is 0.118. The van der Waals surface area contributed by atoms with Crippen molar-refractivity contribution in [1.29, 1.82) is 0 Å². The molecule has 2 aromatic rings. The van der Waals surface area contributed by atoms with Gasteiger partial charge in [-0.25, -0.2) is 5.84 Å². The molecule has 0 aliphatic heterocycles. The smallest absolute Gasteiger partial charge is 0.257 e. The Bertz CT molecular complexity index is 699. The largest absolute Gasteiger partial charge is 0.488 e. The van der Waals surface area contributed by atoms with Crippen molar-refractivity contribution >= 4 is 34.6 Å². The summed E-state index contributed by atoms with van der Waals surface area (Å²) in [6, 6.07) is 13.9. The minimum Gasteiger partial charge on any atom is -0.488 e. The van der Waals surface area contributed by atoms with Gasteiger partial charge in [0.1, 0.15) is 12.4 Å². The summed E-state index contributed by atoms with van der Waals surface area (Å²) >= 11 is 2.22. The van der Waals surface area contributed by atoms with Crippen LogP contribution in [0.2, 0.25) is 0 Å². The molecule has 0 spiro atoms. The number of nitrogens with two attached hydrogens (primary N) is 1. The second-order valence-corrected chi connectivity index (χ2v) is 5.91. The number of aryl methyl sites for hydroxylation is 1. The van der Waals surface area contributed by atoms with Gasteiger partial charge in [-0.15, -0.1) is 0 Å². The van der Waals surface area contributed by atoms with Crippen LogP contribution in [0.25, 0.3) is 6.08 Å². The van der Waals surface area contributed by atoms with Crippen molar-refractivity contribution in [2.75, 3.05) is 0 Å². The zero-order valence-electron chi connectivity index (χ0n) is 12.2. The molecule has 0 aliphatic carbocycles. The lowest BCUT2D eigenvalue weighted by atomic mass is 10.1. The summed E-state index contributed by atoms with van der Waals surface area (Å²) in [7, 11) is 0. The summed E-state index contributed by atoms with van der Waals surface area (Å²) in [4.78, 5) is 11.1. The number of benzene rings is 2. The molecule has 114 valence electrons. The van der Waals surface area contributed by atoms with Gasteiger partial charge >= 0.3 is 0 Å². The predicted molar refractivity (Wildman–Crippen MR) is 96.0 cm³/mol. The number of ether oxygens (including phenoxy) is 1. The van der Waals surface area contributed by atoms with Gasteiger partial charge in [-0.3, -0.25) is 10.2 Å². The Kier molecular flexibility index (Phi) is 5.97. The van der Waals surface area contributed by atoms with Gasteiger partial charge in [0.15, 0.2) is 0 Å². The monoisotopic (exact) mass is 408 g/mol. The van der Waals surface area contributed by atoms with Gasteiger partial charge in [0, 0.05) is 6.08 Å². The van der Waals surface area contributed by atoms with Crippen LogP contribution in [0.1, 0.15) is 16.7 Å². The molecule has 3 N–H and O–H groups in total. The maximum atomic E-state index is 11.1. The second-order valence-electron chi connectivity index (χ2n) is 4.75. The number of hydrogen-bond acceptors (Lipinski definition) is 3. The molecule has 1 amide bonds. The molecule has 0 radical (unpaired) electrons. The van der Waals surface area contributed by atoms with Gasteiger partial charge in [-0.05, 0) is 64.4 Å². The molecule has 2 rings (SSSR count). The molecule has 0 saturated carbocycles. The molecule has 0 aliphatic rings. The maximum Gasteiger partial charge on any atom is 0.257 e. The first-order valence-electron chi connectivity index (χ1n) is 6.75. The molecule has 22 heavy (non-hydrogen) atoms. The zero-order chi connectivity index (χ0) is 15.9. The molecule has 2 aromatic carbocycles. The van der Waals surface area contributed by atoms with Gasteiger partial charge in [0.25, 0.3) is 5.91 Å². The highest BCUT2D eigenvalue weighted by Crippen LogP contribution is 2.24. The second kappa shape index (κ2) is 7.95. The quantitative estimate of drug-likeness (QED) is 0.263. The van der Waals surface area contributed by atoms with E-state index in [0.29, 0.717) is 6.61 Å². The van der Waals surface area contributed by atoms with E-state index in [9.17, 15) is 4.79 Å². The van der Waals surface area contributed by atoms with E-state index < -0.39 is 0 Å². The molecule has 0 saturated heterocycles. The highest BCUT2D eigenvalue weighted by atomic mass is 127. The van der Waals surface area contributed by atoms with Crippen LogP contribution in [0.15, 0.2) is 48.5 Å². The van der Waals surface area contributed by atoms with Crippen molar-refractivity contribution in [3.63, 3.8) is 0 Å². The number of nitrogens with one attached hydrogen (secondary N) is 1. The van der Waals surface area contributed by atoms with E-state index in [1.165, 1.54) is 17.2 Å². The van der Waals surface area contributed by atoms with E-state index in [1.54, 1.807) is 6.08 Å². The molecule has 0 heterocycles. The van der Waals surface area contributed by atoms with Crippen LogP contribution in [-0.4, -0.2) is 5.91 Å². The van der Waals surface area contributed by atoms with Gasteiger partial charge in [-0.2, -0.15) is 0 Å². The highest BCUT2D eigenvalue weighted by Gasteiger charge is 2.04. The number of amides is 1. The Balaban J connectivity index is 2.05. The number of rotatable bonds is 5. The number of hydrazine groups is 1. The van der Waals surface area contributed by atoms with Crippen molar-refractivity contribution in [2.24, 2.45) is 5.84 Å². The standard InChI is InChI=1S/C17H17IN2O2/c1-12-4-2-3-5-14(12)11-22-16-8-6-13(10-15(16)18)7-9-17(21)20-19/h2-10H,11,19H2,1H3,(H,20,21)/b9-7+. The normalized spacial score (nSPS) is 10.7. The summed E-state index contributed by atoms with van der Waals surface area (Å²) in [5, 5.41) is 0. The summed E-state index contributed by atoms with van der Waals surface area (Å²) in [5.74, 6) is 5.51. The fourth-order valence-electron chi connectivity index (χ4n) is 1.89. The predicted octanol–water partition coefficient (Wildman–Crippen LogP) is 3.18. The van der Waals surface area contributed by atoms with Gasteiger partial charge in [0.05, 0.1) is 3.57 Å². The summed E-state index contributed by atoms with van der Waals surface area (Å²) in [6.45, 7) is 2.60. The molecule has 4 nitrogen and oxygen atoms in total. The van der Waals surface area contributed by atoms with Gasteiger partial charge < -0.3 is 4.74 Å². The number of hydrogen-bond donors (Lipinski definition) is 2. The van der Waals surface area contributed by atoms with Crippen molar-refractivity contribution in [3.8, 4) is 5.75 Å². The maximum absolute atomic E-state index is 11.1. The number of halogens is 1. The summed E-state index contributed by atoms with van der Waals surface area (Å²) < 4.78 is 6.86. The van der Waals surface area contributed by atoms with Crippen LogP contribution >= 0.6 is 22.6 Å². The SMILES string of the molecule is Cc1ccccc1COc1ccc(/C=C/C(=O)NN)cc1I. The molecule has 0 bridgehead atoms. The van der Waals surface area contributed by atoms with Crippen LogP contribution in [0.4, 0.5) is 0 Å². The van der Waals surface area contributed by atoms with E-state index in [0.717, 1.165) is 14.9 Å². The Hall–Kier alpha value is -1.86. The fourth-order valence-corrected chi connectivity index (χ4v) is 2.58. The molecular weight excluding hydrogens is 391 g/mol. The third-order valence-corrected chi connectivity index (χ3v) is 4.01. The lowest BCUT2D eigenvalue weighted by Crippen LogP contribution is -2.27. The molecule has 0 fully saturated rings. The van der Waals surface area contributed by atoms with E-state index in [-0.39, 0.29) is 5.91 Å². The Morgan fingerprint density at radius 2 is 2.09 bits per heavy atom. The van der Waals surface area contributed by atoms with Crippen molar-refractivity contribution < 1.29 is 9.53 Å². The molecule has 0 atom stereocenters. The van der Waals surface area contributed by atoms with Crippen molar-refractivity contribution in [2.45, 2.75) is 13.5 Å². The van der Waals surface area contributed by atoms with E-state index in [2.05, 4.69) is 47.1 Å². The number of carbonyl (C=O) groups excluding carboxylic acids is 1. The Morgan fingerprint density at radius 1 is 1.32 bits per heavy atom. The van der Waals surface area contributed by atoms with Crippen molar-refractivity contribution in [1.82, 2.24) is 5.43 Å². The minimum atomic E-state index is -0.338. The molecule has 0 aromatic heterocycles. The highest BCUT2D eigenvalue weighted by molar-refractivity contribution is 14.1.